The number of hydrazone groups is 1. The minimum absolute atomic E-state index is 0.268. The average molecular weight is 367 g/mol. The number of nitrogens with one attached hydrogen (secondary N) is 1. The highest BCUT2D eigenvalue weighted by molar-refractivity contribution is 6.30. The van der Waals surface area contributed by atoms with Gasteiger partial charge in [0.1, 0.15) is 0 Å². The van der Waals surface area contributed by atoms with Crippen LogP contribution in [0.15, 0.2) is 64.7 Å². The number of benzene rings is 2. The summed E-state index contributed by atoms with van der Waals surface area (Å²) in [5, 5.41) is 18.5. The fraction of sp³-hybridized carbons (Fsp3) is 0.211. The molecule has 0 saturated heterocycles. The number of hydrogen-bond acceptors (Lipinski definition) is 4. The number of nitrogens with zero attached hydrogens (tertiary/aromatic N) is 4. The van der Waals surface area contributed by atoms with Crippen molar-refractivity contribution in [2.24, 2.45) is 15.8 Å². The van der Waals surface area contributed by atoms with Gasteiger partial charge in [0.15, 0.2) is 6.19 Å². The molecule has 2 aromatic rings. The zero-order valence-corrected chi connectivity index (χ0v) is 14.9. The first-order valence-corrected chi connectivity index (χ1v) is 8.66. The topological polar surface area (TPSA) is 89.8 Å². The first kappa shape index (κ1) is 17.9. The molecule has 0 radical (unpaired) electrons. The molecular formula is C19H19ClN6. The van der Waals surface area contributed by atoms with Gasteiger partial charge in [-0.25, -0.2) is 5.01 Å². The molecule has 1 unspecified atom stereocenters. The summed E-state index contributed by atoms with van der Waals surface area (Å²) in [6.07, 6.45) is 2.70. The number of nitrogens with two attached hydrogens (primary N) is 1. The zero-order chi connectivity index (χ0) is 18.4. The highest BCUT2D eigenvalue weighted by Crippen LogP contribution is 2.16. The van der Waals surface area contributed by atoms with Crippen LogP contribution in [-0.4, -0.2) is 35.8 Å². The van der Waals surface area contributed by atoms with E-state index in [0.29, 0.717) is 24.1 Å². The van der Waals surface area contributed by atoms with Gasteiger partial charge in [0.2, 0.25) is 5.96 Å². The van der Waals surface area contributed by atoms with Gasteiger partial charge in [0.25, 0.3) is 0 Å². The number of rotatable bonds is 4. The smallest absolute Gasteiger partial charge is 0.228 e. The summed E-state index contributed by atoms with van der Waals surface area (Å²) in [6.45, 7) is 1.00. The van der Waals surface area contributed by atoms with Gasteiger partial charge in [-0.3, -0.25) is 10.3 Å². The highest BCUT2D eigenvalue weighted by Gasteiger charge is 2.27. The third-order valence-electron chi connectivity index (χ3n) is 4.01. The Morgan fingerprint density at radius 1 is 1.27 bits per heavy atom. The molecule has 26 heavy (non-hydrogen) atoms. The van der Waals surface area contributed by atoms with Crippen LogP contribution < -0.4 is 11.1 Å². The first-order chi connectivity index (χ1) is 12.7. The Morgan fingerprint density at radius 2 is 2.00 bits per heavy atom. The molecule has 0 saturated carbocycles. The summed E-state index contributed by atoms with van der Waals surface area (Å²) in [5.74, 6) is 0.405. The van der Waals surface area contributed by atoms with Crippen LogP contribution in [0.4, 0.5) is 0 Å². The maximum Gasteiger partial charge on any atom is 0.228 e. The molecule has 7 heteroatoms. The lowest BCUT2D eigenvalue weighted by molar-refractivity contribution is 0.460. The van der Waals surface area contributed by atoms with Crippen molar-refractivity contribution < 1.29 is 0 Å². The van der Waals surface area contributed by atoms with E-state index in [0.717, 1.165) is 17.7 Å². The minimum atomic E-state index is -0.268. The predicted octanol–water partition coefficient (Wildman–Crippen LogP) is 2.36. The SMILES string of the molecule is N#CNC(=NCCc1ccccc1)N1CC(N)C(c2ccc(Cl)cc2)=N1. The molecule has 132 valence electrons. The average Bonchev–Trinajstić information content (AvgIpc) is 3.04. The van der Waals surface area contributed by atoms with Gasteiger partial charge in [-0.05, 0) is 29.7 Å². The molecule has 1 aliphatic heterocycles. The Morgan fingerprint density at radius 3 is 2.69 bits per heavy atom. The Hall–Kier alpha value is -2.88. The molecule has 0 aliphatic carbocycles. The molecule has 1 atom stereocenters. The number of halogens is 1. The third-order valence-corrected chi connectivity index (χ3v) is 4.26. The van der Waals surface area contributed by atoms with Crippen LogP contribution in [0, 0.1) is 11.5 Å². The van der Waals surface area contributed by atoms with E-state index < -0.39 is 0 Å². The molecule has 6 nitrogen and oxygen atoms in total. The number of hydrogen-bond donors (Lipinski definition) is 2. The molecule has 0 fully saturated rings. The van der Waals surface area contributed by atoms with E-state index in [9.17, 15) is 0 Å². The lowest BCUT2D eigenvalue weighted by Crippen LogP contribution is -2.39. The Balaban J connectivity index is 1.74. The maximum absolute atomic E-state index is 9.03. The van der Waals surface area contributed by atoms with Crippen molar-refractivity contribution in [2.75, 3.05) is 13.1 Å². The molecule has 0 aromatic heterocycles. The first-order valence-electron chi connectivity index (χ1n) is 8.28. The summed E-state index contributed by atoms with van der Waals surface area (Å²) in [6, 6.07) is 17.2. The van der Waals surface area contributed by atoms with Crippen LogP contribution in [0.5, 0.6) is 0 Å². The van der Waals surface area contributed by atoms with Crippen LogP contribution in [0.3, 0.4) is 0 Å². The monoisotopic (exact) mass is 366 g/mol. The molecule has 0 bridgehead atoms. The molecule has 1 aliphatic rings. The fourth-order valence-corrected chi connectivity index (χ4v) is 2.84. The van der Waals surface area contributed by atoms with Crippen LogP contribution in [0.25, 0.3) is 0 Å². The summed E-state index contributed by atoms with van der Waals surface area (Å²) < 4.78 is 0. The van der Waals surface area contributed by atoms with Crippen LogP contribution in [-0.2, 0) is 6.42 Å². The van der Waals surface area contributed by atoms with Gasteiger partial charge >= 0.3 is 0 Å². The Bertz CT molecular complexity index is 839. The van der Waals surface area contributed by atoms with Crippen molar-refractivity contribution in [3.05, 3.63) is 70.7 Å². The lowest BCUT2D eigenvalue weighted by atomic mass is 10.1. The molecule has 2 aromatic carbocycles. The molecule has 0 spiro atoms. The molecule has 3 N–H and O–H groups in total. The standard InChI is InChI=1S/C19H19ClN6/c20-16-8-6-15(7-9-16)18-17(22)12-26(25-18)19(24-13-21)23-11-10-14-4-2-1-3-5-14/h1-9,17H,10-12,22H2,(H,23,24). The predicted molar refractivity (Wildman–Crippen MR) is 104 cm³/mol. The van der Waals surface area contributed by atoms with Crippen molar-refractivity contribution in [2.45, 2.75) is 12.5 Å². The van der Waals surface area contributed by atoms with E-state index in [-0.39, 0.29) is 6.04 Å². The molecule has 1 heterocycles. The molecular weight excluding hydrogens is 348 g/mol. The number of nitriles is 1. The van der Waals surface area contributed by atoms with Crippen LogP contribution in [0.2, 0.25) is 5.02 Å². The second-order valence-corrected chi connectivity index (χ2v) is 6.29. The van der Waals surface area contributed by atoms with Crippen molar-refractivity contribution >= 4 is 23.3 Å². The lowest BCUT2D eigenvalue weighted by Gasteiger charge is -2.15. The third kappa shape index (κ3) is 4.39. The van der Waals surface area contributed by atoms with E-state index >= 15 is 0 Å². The van der Waals surface area contributed by atoms with Crippen molar-refractivity contribution in [3.63, 3.8) is 0 Å². The number of guanidine groups is 1. The summed E-state index contributed by atoms with van der Waals surface area (Å²) in [7, 11) is 0. The molecule has 0 amide bonds. The van der Waals surface area contributed by atoms with E-state index in [2.05, 4.69) is 27.5 Å². The quantitative estimate of drug-likeness (QED) is 0.376. The highest BCUT2D eigenvalue weighted by atomic mass is 35.5. The van der Waals surface area contributed by atoms with Gasteiger partial charge < -0.3 is 5.73 Å². The van der Waals surface area contributed by atoms with Crippen LogP contribution in [0.1, 0.15) is 11.1 Å². The van der Waals surface area contributed by atoms with E-state index in [4.69, 9.17) is 22.6 Å². The van der Waals surface area contributed by atoms with E-state index in [1.54, 1.807) is 17.1 Å². The van der Waals surface area contributed by atoms with Gasteiger partial charge in [-0.2, -0.15) is 10.4 Å². The summed E-state index contributed by atoms with van der Waals surface area (Å²) >= 11 is 5.94. The largest absolute Gasteiger partial charge is 0.321 e. The summed E-state index contributed by atoms with van der Waals surface area (Å²) in [5.41, 5.74) is 9.07. The second kappa shape index (κ2) is 8.48. The van der Waals surface area contributed by atoms with Gasteiger partial charge in [-0.1, -0.05) is 54.1 Å². The van der Waals surface area contributed by atoms with Crippen molar-refractivity contribution in [1.82, 2.24) is 10.3 Å². The van der Waals surface area contributed by atoms with Gasteiger partial charge in [0, 0.05) is 11.6 Å². The van der Waals surface area contributed by atoms with Crippen molar-refractivity contribution in [1.29, 1.82) is 5.26 Å². The Labute approximate surface area is 157 Å². The van der Waals surface area contributed by atoms with E-state index in [1.807, 2.05) is 36.5 Å². The van der Waals surface area contributed by atoms with E-state index in [1.165, 1.54) is 5.56 Å². The number of aliphatic imine (C=N–C) groups is 1. The summed E-state index contributed by atoms with van der Waals surface area (Å²) in [4.78, 5) is 4.49. The second-order valence-electron chi connectivity index (χ2n) is 5.86. The van der Waals surface area contributed by atoms with Crippen LogP contribution >= 0.6 is 11.6 Å². The van der Waals surface area contributed by atoms with Crippen molar-refractivity contribution in [3.8, 4) is 6.19 Å². The maximum atomic E-state index is 9.03. The normalized spacial score (nSPS) is 17.0. The fourth-order valence-electron chi connectivity index (χ4n) is 2.72. The van der Waals surface area contributed by atoms with Gasteiger partial charge in [-0.15, -0.1) is 0 Å². The minimum Gasteiger partial charge on any atom is -0.321 e. The molecule has 3 rings (SSSR count). The zero-order valence-electron chi connectivity index (χ0n) is 14.1. The Kier molecular flexibility index (Phi) is 5.84. The van der Waals surface area contributed by atoms with Gasteiger partial charge in [0.05, 0.1) is 18.3 Å².